The lowest BCUT2D eigenvalue weighted by Crippen LogP contribution is -2.25. The maximum Gasteiger partial charge on any atom is 0.344 e. The standard InChI is InChI=1S/C29H38N2O6/c1-5-30(6-2)15-9-17-35-27(32)21-11-13-23-24-14-12-22(20-26(24)37-29(34)25(23)19-21)28(33)36-18-10-16-31(7-3)8-4/h11-14,19-20H,5-10,15-18H2,1-4H3. The van der Waals surface area contributed by atoms with E-state index in [9.17, 15) is 14.4 Å². The fraction of sp³-hybridized carbons (Fsp3) is 0.483. The van der Waals surface area contributed by atoms with E-state index >= 15 is 0 Å². The lowest BCUT2D eigenvalue weighted by Gasteiger charge is -2.17. The van der Waals surface area contributed by atoms with Crippen LogP contribution < -0.4 is 5.63 Å². The second-order valence-corrected chi connectivity index (χ2v) is 8.89. The van der Waals surface area contributed by atoms with Crippen molar-refractivity contribution in [1.82, 2.24) is 9.80 Å². The molecule has 0 bridgehead atoms. The Morgan fingerprint density at radius 2 is 1.19 bits per heavy atom. The third kappa shape index (κ3) is 7.40. The zero-order valence-electron chi connectivity index (χ0n) is 22.4. The molecule has 3 rings (SSSR count). The van der Waals surface area contributed by atoms with Gasteiger partial charge >= 0.3 is 17.6 Å². The quantitative estimate of drug-likeness (QED) is 0.133. The van der Waals surface area contributed by atoms with Gasteiger partial charge in [-0.1, -0.05) is 33.8 Å². The second kappa shape index (κ2) is 13.9. The zero-order chi connectivity index (χ0) is 26.8. The molecular formula is C29H38N2O6. The molecule has 8 heteroatoms. The fourth-order valence-corrected chi connectivity index (χ4v) is 4.34. The summed E-state index contributed by atoms with van der Waals surface area (Å²) in [6.45, 7) is 14.6. The van der Waals surface area contributed by atoms with Gasteiger partial charge in [0.15, 0.2) is 0 Å². The zero-order valence-corrected chi connectivity index (χ0v) is 22.4. The van der Waals surface area contributed by atoms with Crippen LogP contribution in [-0.4, -0.2) is 74.2 Å². The predicted octanol–water partition coefficient (Wildman–Crippen LogP) is 4.72. The molecule has 0 radical (unpaired) electrons. The molecule has 0 saturated carbocycles. The Labute approximate surface area is 218 Å². The van der Waals surface area contributed by atoms with Crippen LogP contribution in [0.1, 0.15) is 61.3 Å². The fourth-order valence-electron chi connectivity index (χ4n) is 4.34. The molecule has 1 heterocycles. The lowest BCUT2D eigenvalue weighted by molar-refractivity contribution is 0.0480. The Kier molecular flexibility index (Phi) is 10.7. The molecule has 37 heavy (non-hydrogen) atoms. The van der Waals surface area contributed by atoms with E-state index < -0.39 is 17.6 Å². The van der Waals surface area contributed by atoms with Gasteiger partial charge in [0.25, 0.3) is 0 Å². The van der Waals surface area contributed by atoms with Gasteiger partial charge in [-0.3, -0.25) is 0 Å². The third-order valence-electron chi connectivity index (χ3n) is 6.68. The first kappa shape index (κ1) is 28.3. The van der Waals surface area contributed by atoms with E-state index in [4.69, 9.17) is 13.9 Å². The van der Waals surface area contributed by atoms with Gasteiger partial charge in [0, 0.05) is 18.5 Å². The Hall–Kier alpha value is -3.23. The van der Waals surface area contributed by atoms with Crippen LogP contribution in [0.5, 0.6) is 0 Å². The Bertz CT molecular complexity index is 1260. The Morgan fingerprint density at radius 3 is 1.70 bits per heavy atom. The van der Waals surface area contributed by atoms with E-state index in [0.717, 1.165) is 52.1 Å². The highest BCUT2D eigenvalue weighted by molar-refractivity contribution is 6.07. The molecule has 0 aliphatic heterocycles. The first-order valence-corrected chi connectivity index (χ1v) is 13.2. The highest BCUT2D eigenvalue weighted by atomic mass is 16.5. The van der Waals surface area contributed by atoms with E-state index in [0.29, 0.717) is 40.7 Å². The van der Waals surface area contributed by atoms with Crippen molar-refractivity contribution in [3.8, 4) is 0 Å². The van der Waals surface area contributed by atoms with E-state index in [2.05, 4.69) is 37.5 Å². The van der Waals surface area contributed by atoms with Gasteiger partial charge in [0.1, 0.15) is 5.58 Å². The van der Waals surface area contributed by atoms with Gasteiger partial charge in [-0.25, -0.2) is 14.4 Å². The van der Waals surface area contributed by atoms with E-state index in [1.807, 2.05) is 0 Å². The van der Waals surface area contributed by atoms with Crippen LogP contribution in [0.25, 0.3) is 21.7 Å². The predicted molar refractivity (Wildman–Crippen MR) is 145 cm³/mol. The number of nitrogens with zero attached hydrogens (tertiary/aromatic N) is 2. The van der Waals surface area contributed by atoms with Crippen LogP contribution in [0.15, 0.2) is 45.6 Å². The molecule has 0 aliphatic carbocycles. The summed E-state index contributed by atoms with van der Waals surface area (Å²) in [5.74, 6) is -0.927. The molecule has 3 aromatic rings. The van der Waals surface area contributed by atoms with Crippen molar-refractivity contribution >= 4 is 33.7 Å². The molecule has 0 atom stereocenters. The largest absolute Gasteiger partial charge is 0.462 e. The number of fused-ring (bicyclic) bond motifs is 3. The maximum atomic E-state index is 12.7. The number of ether oxygens (including phenoxy) is 2. The summed E-state index contributed by atoms with van der Waals surface area (Å²) in [7, 11) is 0. The molecule has 1 aromatic heterocycles. The maximum absolute atomic E-state index is 12.7. The van der Waals surface area contributed by atoms with Crippen LogP contribution >= 0.6 is 0 Å². The summed E-state index contributed by atoms with van der Waals surface area (Å²) in [5.41, 5.74) is 0.333. The van der Waals surface area contributed by atoms with Crippen molar-refractivity contribution in [3.63, 3.8) is 0 Å². The van der Waals surface area contributed by atoms with Crippen LogP contribution in [0.3, 0.4) is 0 Å². The summed E-state index contributed by atoms with van der Waals surface area (Å²) in [5, 5.41) is 1.60. The van der Waals surface area contributed by atoms with Crippen molar-refractivity contribution in [3.05, 3.63) is 57.9 Å². The van der Waals surface area contributed by atoms with Gasteiger partial charge in [0.05, 0.1) is 29.7 Å². The van der Waals surface area contributed by atoms with E-state index in [-0.39, 0.29) is 5.39 Å². The van der Waals surface area contributed by atoms with Crippen molar-refractivity contribution < 1.29 is 23.5 Å². The first-order chi connectivity index (χ1) is 17.9. The topological polar surface area (TPSA) is 89.3 Å². The third-order valence-corrected chi connectivity index (χ3v) is 6.68. The van der Waals surface area contributed by atoms with Crippen molar-refractivity contribution in [2.75, 3.05) is 52.5 Å². The summed E-state index contributed by atoms with van der Waals surface area (Å²) in [6, 6.07) is 9.79. The molecule has 0 saturated heterocycles. The van der Waals surface area contributed by atoms with E-state index in [1.54, 1.807) is 24.3 Å². The van der Waals surface area contributed by atoms with Crippen molar-refractivity contribution in [2.24, 2.45) is 0 Å². The lowest BCUT2D eigenvalue weighted by atomic mass is 10.0. The molecule has 0 fully saturated rings. The monoisotopic (exact) mass is 510 g/mol. The highest BCUT2D eigenvalue weighted by Crippen LogP contribution is 2.25. The van der Waals surface area contributed by atoms with Gasteiger partial charge in [-0.05, 0) is 74.7 Å². The normalized spacial score (nSPS) is 11.5. The SMILES string of the molecule is CCN(CC)CCCOC(=O)c1ccc2c(c1)oc(=O)c1cc(C(=O)OCCCN(CC)CC)ccc12. The van der Waals surface area contributed by atoms with Gasteiger partial charge in [0.2, 0.25) is 0 Å². The Morgan fingerprint density at radius 1 is 0.703 bits per heavy atom. The van der Waals surface area contributed by atoms with Crippen molar-refractivity contribution in [2.45, 2.75) is 40.5 Å². The molecule has 2 aromatic carbocycles. The average Bonchev–Trinajstić information content (AvgIpc) is 2.92. The molecule has 0 unspecified atom stereocenters. The number of carbonyl (C=O) groups is 2. The first-order valence-electron chi connectivity index (χ1n) is 13.2. The van der Waals surface area contributed by atoms with Crippen LogP contribution in [0.4, 0.5) is 0 Å². The molecule has 8 nitrogen and oxygen atoms in total. The summed E-state index contributed by atoms with van der Waals surface area (Å²) in [6.07, 6.45) is 1.50. The minimum absolute atomic E-state index is 0.289. The number of benzene rings is 2. The molecule has 0 N–H and O–H groups in total. The van der Waals surface area contributed by atoms with E-state index in [1.165, 1.54) is 12.1 Å². The van der Waals surface area contributed by atoms with Crippen molar-refractivity contribution in [1.29, 1.82) is 0 Å². The summed E-state index contributed by atoms with van der Waals surface area (Å²) in [4.78, 5) is 42.3. The van der Waals surface area contributed by atoms with Crippen LogP contribution in [0, 0.1) is 0 Å². The number of hydrogen-bond acceptors (Lipinski definition) is 8. The summed E-state index contributed by atoms with van der Waals surface area (Å²) >= 11 is 0. The van der Waals surface area contributed by atoms with Gasteiger partial charge < -0.3 is 23.7 Å². The summed E-state index contributed by atoms with van der Waals surface area (Å²) < 4.78 is 16.3. The Balaban J connectivity index is 1.69. The smallest absolute Gasteiger partial charge is 0.344 e. The van der Waals surface area contributed by atoms with Crippen LogP contribution in [0.2, 0.25) is 0 Å². The highest BCUT2D eigenvalue weighted by Gasteiger charge is 2.15. The van der Waals surface area contributed by atoms with Crippen LogP contribution in [-0.2, 0) is 9.47 Å². The molecular weight excluding hydrogens is 472 g/mol. The molecule has 0 amide bonds. The number of hydrogen-bond donors (Lipinski definition) is 0. The van der Waals surface area contributed by atoms with Gasteiger partial charge in [-0.15, -0.1) is 0 Å². The number of esters is 2. The minimum atomic E-state index is -0.580. The van der Waals surface area contributed by atoms with Gasteiger partial charge in [-0.2, -0.15) is 0 Å². The number of rotatable bonds is 14. The number of carbonyl (C=O) groups excluding carboxylic acids is 2. The molecule has 0 aliphatic rings. The second-order valence-electron chi connectivity index (χ2n) is 8.89. The molecule has 200 valence electrons. The molecule has 0 spiro atoms. The minimum Gasteiger partial charge on any atom is -0.462 e. The average molecular weight is 511 g/mol.